The summed E-state index contributed by atoms with van der Waals surface area (Å²) in [5.41, 5.74) is 1.20. The van der Waals surface area contributed by atoms with E-state index >= 15 is 0 Å². The first-order chi connectivity index (χ1) is 10.2. The summed E-state index contributed by atoms with van der Waals surface area (Å²) >= 11 is 1.42. The Labute approximate surface area is 124 Å². The summed E-state index contributed by atoms with van der Waals surface area (Å²) in [5, 5.41) is 0.835. The number of nitrogens with zero attached hydrogens (tertiary/aromatic N) is 2. The maximum absolute atomic E-state index is 11.6. The molecule has 0 amide bonds. The minimum atomic E-state index is -0.213. The van der Waals surface area contributed by atoms with Gasteiger partial charge in [0.05, 0.1) is 20.5 Å². The molecular formula is C14H13N3O3S. The Bertz CT molecular complexity index is 841. The van der Waals surface area contributed by atoms with Gasteiger partial charge in [0.25, 0.3) is 5.56 Å². The first-order valence-electron chi connectivity index (χ1n) is 6.25. The van der Waals surface area contributed by atoms with Gasteiger partial charge in [-0.3, -0.25) is 4.79 Å². The Kier molecular flexibility index (Phi) is 3.57. The average molecular weight is 303 g/mol. The standard InChI is InChI=1S/C14H13N3O3S/c1-19-9-4-3-8(5-10(9)20-2)6-11-17-12-13(18)15-7-16-14(12)21-11/h3-5,7H,6H2,1-2H3,(H,15,16,18). The van der Waals surface area contributed by atoms with Gasteiger partial charge in [-0.05, 0) is 17.7 Å². The van der Waals surface area contributed by atoms with E-state index in [4.69, 9.17) is 9.47 Å². The minimum absolute atomic E-state index is 0.213. The Morgan fingerprint density at radius 2 is 2.05 bits per heavy atom. The molecule has 1 aromatic carbocycles. The Hall–Kier alpha value is -2.41. The van der Waals surface area contributed by atoms with Crippen LogP contribution in [0.4, 0.5) is 0 Å². The fourth-order valence-electron chi connectivity index (χ4n) is 2.05. The van der Waals surface area contributed by atoms with Crippen molar-refractivity contribution in [3.8, 4) is 11.5 Å². The molecule has 3 aromatic rings. The first-order valence-corrected chi connectivity index (χ1v) is 7.07. The highest BCUT2D eigenvalue weighted by molar-refractivity contribution is 7.18. The molecule has 6 nitrogen and oxygen atoms in total. The molecule has 2 heterocycles. The fraction of sp³-hybridized carbons (Fsp3) is 0.214. The topological polar surface area (TPSA) is 77.1 Å². The van der Waals surface area contributed by atoms with Crippen molar-refractivity contribution in [3.05, 3.63) is 45.5 Å². The van der Waals surface area contributed by atoms with Crippen molar-refractivity contribution in [2.45, 2.75) is 6.42 Å². The van der Waals surface area contributed by atoms with Crippen molar-refractivity contribution in [1.82, 2.24) is 15.0 Å². The number of hydrogen-bond donors (Lipinski definition) is 1. The predicted octanol–water partition coefficient (Wildman–Crippen LogP) is 1.99. The molecule has 0 bridgehead atoms. The van der Waals surface area contributed by atoms with Crippen LogP contribution in [0.25, 0.3) is 10.3 Å². The molecule has 0 saturated heterocycles. The molecule has 2 aromatic heterocycles. The number of methoxy groups -OCH3 is 2. The number of benzene rings is 1. The molecule has 0 spiro atoms. The quantitative estimate of drug-likeness (QED) is 0.797. The lowest BCUT2D eigenvalue weighted by molar-refractivity contribution is 0.354. The fourth-order valence-corrected chi connectivity index (χ4v) is 2.99. The van der Waals surface area contributed by atoms with Crippen LogP contribution < -0.4 is 15.0 Å². The molecule has 7 heteroatoms. The van der Waals surface area contributed by atoms with Gasteiger partial charge in [0.1, 0.15) is 5.01 Å². The molecule has 0 aliphatic carbocycles. The van der Waals surface area contributed by atoms with Gasteiger partial charge >= 0.3 is 0 Å². The zero-order valence-corrected chi connectivity index (χ0v) is 12.4. The molecule has 0 unspecified atom stereocenters. The lowest BCUT2D eigenvalue weighted by atomic mass is 10.1. The third kappa shape index (κ3) is 2.59. The molecule has 0 aliphatic rings. The molecule has 21 heavy (non-hydrogen) atoms. The summed E-state index contributed by atoms with van der Waals surface area (Å²) in [7, 11) is 3.20. The monoisotopic (exact) mass is 303 g/mol. The normalized spacial score (nSPS) is 10.8. The third-order valence-electron chi connectivity index (χ3n) is 3.05. The van der Waals surface area contributed by atoms with Crippen LogP contribution in [-0.4, -0.2) is 29.2 Å². The van der Waals surface area contributed by atoms with E-state index in [1.807, 2.05) is 18.2 Å². The van der Waals surface area contributed by atoms with Crippen molar-refractivity contribution in [2.24, 2.45) is 0 Å². The maximum Gasteiger partial charge on any atom is 0.278 e. The second kappa shape index (κ2) is 5.53. The van der Waals surface area contributed by atoms with Crippen molar-refractivity contribution in [3.63, 3.8) is 0 Å². The lowest BCUT2D eigenvalue weighted by Crippen LogP contribution is -2.05. The number of hydrogen-bond acceptors (Lipinski definition) is 6. The zero-order chi connectivity index (χ0) is 14.8. The molecule has 0 saturated carbocycles. The largest absolute Gasteiger partial charge is 0.493 e. The molecular weight excluding hydrogens is 290 g/mol. The van der Waals surface area contributed by atoms with Gasteiger partial charge in [-0.2, -0.15) is 0 Å². The van der Waals surface area contributed by atoms with Gasteiger partial charge in [0.2, 0.25) is 0 Å². The van der Waals surface area contributed by atoms with E-state index in [0.29, 0.717) is 28.3 Å². The Morgan fingerprint density at radius 3 is 2.76 bits per heavy atom. The van der Waals surface area contributed by atoms with Crippen molar-refractivity contribution >= 4 is 21.7 Å². The van der Waals surface area contributed by atoms with E-state index in [1.54, 1.807) is 14.2 Å². The van der Waals surface area contributed by atoms with Gasteiger partial charge in [0.15, 0.2) is 21.8 Å². The van der Waals surface area contributed by atoms with Crippen molar-refractivity contribution in [1.29, 1.82) is 0 Å². The molecule has 108 valence electrons. The molecule has 0 fully saturated rings. The molecule has 0 aliphatic heterocycles. The lowest BCUT2D eigenvalue weighted by Gasteiger charge is -2.08. The van der Waals surface area contributed by atoms with Gasteiger partial charge in [-0.1, -0.05) is 17.4 Å². The van der Waals surface area contributed by atoms with E-state index in [2.05, 4.69) is 15.0 Å². The highest BCUT2D eigenvalue weighted by Crippen LogP contribution is 2.29. The van der Waals surface area contributed by atoms with Crippen molar-refractivity contribution < 1.29 is 9.47 Å². The number of H-pyrrole nitrogens is 1. The van der Waals surface area contributed by atoms with E-state index in [9.17, 15) is 4.79 Å². The van der Waals surface area contributed by atoms with Crippen LogP contribution in [0.1, 0.15) is 10.6 Å². The number of nitrogens with one attached hydrogen (secondary N) is 1. The van der Waals surface area contributed by atoms with E-state index in [0.717, 1.165) is 10.6 Å². The molecule has 0 atom stereocenters. The second-order valence-electron chi connectivity index (χ2n) is 4.36. The van der Waals surface area contributed by atoms with Crippen LogP contribution in [0.5, 0.6) is 11.5 Å². The highest BCUT2D eigenvalue weighted by Gasteiger charge is 2.10. The summed E-state index contributed by atoms with van der Waals surface area (Å²) < 4.78 is 10.5. The van der Waals surface area contributed by atoms with Crippen LogP contribution in [0, 0.1) is 0 Å². The van der Waals surface area contributed by atoms with Crippen LogP contribution >= 0.6 is 11.3 Å². The van der Waals surface area contributed by atoms with Crippen molar-refractivity contribution in [2.75, 3.05) is 14.2 Å². The minimum Gasteiger partial charge on any atom is -0.493 e. The van der Waals surface area contributed by atoms with Gasteiger partial charge in [0, 0.05) is 6.42 Å². The molecule has 0 radical (unpaired) electrons. The number of thiazole rings is 1. The van der Waals surface area contributed by atoms with E-state index in [-0.39, 0.29) is 5.56 Å². The SMILES string of the molecule is COc1ccc(Cc2nc3c(=O)[nH]cnc3s2)cc1OC. The molecule has 3 rings (SSSR count). The van der Waals surface area contributed by atoms with E-state index < -0.39 is 0 Å². The summed E-state index contributed by atoms with van der Waals surface area (Å²) in [5.74, 6) is 1.36. The van der Waals surface area contributed by atoms with Crippen LogP contribution in [-0.2, 0) is 6.42 Å². The summed E-state index contributed by atoms with van der Waals surface area (Å²) in [6, 6.07) is 5.71. The van der Waals surface area contributed by atoms with Gasteiger partial charge < -0.3 is 14.5 Å². The zero-order valence-electron chi connectivity index (χ0n) is 11.5. The van der Waals surface area contributed by atoms with Crippen LogP contribution in [0.2, 0.25) is 0 Å². The Balaban J connectivity index is 1.95. The average Bonchev–Trinajstić information content (AvgIpc) is 2.91. The first kappa shape index (κ1) is 13.6. The second-order valence-corrected chi connectivity index (χ2v) is 5.42. The highest BCUT2D eigenvalue weighted by atomic mass is 32.1. The number of aromatic nitrogens is 3. The molecule has 1 N–H and O–H groups in total. The number of ether oxygens (including phenoxy) is 2. The number of fused-ring (bicyclic) bond motifs is 1. The van der Waals surface area contributed by atoms with Crippen LogP contribution in [0.3, 0.4) is 0 Å². The summed E-state index contributed by atoms with van der Waals surface area (Å²) in [6.45, 7) is 0. The van der Waals surface area contributed by atoms with Gasteiger partial charge in [-0.15, -0.1) is 0 Å². The van der Waals surface area contributed by atoms with Crippen LogP contribution in [0.15, 0.2) is 29.3 Å². The number of rotatable bonds is 4. The Morgan fingerprint density at radius 1 is 1.24 bits per heavy atom. The summed E-state index contributed by atoms with van der Waals surface area (Å²) in [4.78, 5) is 23.3. The third-order valence-corrected chi connectivity index (χ3v) is 4.01. The number of aromatic amines is 1. The smallest absolute Gasteiger partial charge is 0.278 e. The predicted molar refractivity (Wildman–Crippen MR) is 80.4 cm³/mol. The van der Waals surface area contributed by atoms with Gasteiger partial charge in [-0.25, -0.2) is 9.97 Å². The summed E-state index contributed by atoms with van der Waals surface area (Å²) in [6.07, 6.45) is 2.00. The van der Waals surface area contributed by atoms with E-state index in [1.165, 1.54) is 17.7 Å². The maximum atomic E-state index is 11.6.